The Bertz CT molecular complexity index is 717. The van der Waals surface area contributed by atoms with Gasteiger partial charge in [0.2, 0.25) is 10.0 Å². The maximum absolute atomic E-state index is 13.1. The van der Waals surface area contributed by atoms with Crippen molar-refractivity contribution in [3.63, 3.8) is 0 Å². The Morgan fingerprint density at radius 1 is 1.10 bits per heavy atom. The molecule has 0 aliphatic carbocycles. The first-order valence-electron chi connectivity index (χ1n) is 6.29. The second kappa shape index (κ2) is 6.68. The molecule has 6 heteroatoms. The summed E-state index contributed by atoms with van der Waals surface area (Å²) in [6, 6.07) is 12.6. The van der Waals surface area contributed by atoms with Gasteiger partial charge in [0.15, 0.2) is 0 Å². The normalized spacial score (nSPS) is 11.8. The lowest BCUT2D eigenvalue weighted by atomic mass is 10.2. The van der Waals surface area contributed by atoms with E-state index in [1.807, 2.05) is 0 Å². The molecule has 0 heterocycles. The highest BCUT2D eigenvalue weighted by Crippen LogP contribution is 2.18. The molecule has 0 aliphatic rings. The maximum atomic E-state index is 13.1. The SMILES string of the molecule is CN(Cc1cccc(F)c1)S(=O)(=O)c1ccc(CBr)cc1. The van der Waals surface area contributed by atoms with E-state index in [1.165, 1.54) is 23.5 Å². The third kappa shape index (κ3) is 3.90. The number of hydrogen-bond donors (Lipinski definition) is 0. The van der Waals surface area contributed by atoms with Gasteiger partial charge in [0.25, 0.3) is 0 Å². The van der Waals surface area contributed by atoms with Crippen LogP contribution in [0.4, 0.5) is 4.39 Å². The topological polar surface area (TPSA) is 37.4 Å². The molecule has 0 aliphatic heterocycles. The predicted octanol–water partition coefficient (Wildman–Crippen LogP) is 3.54. The van der Waals surface area contributed by atoms with Crippen molar-refractivity contribution in [2.24, 2.45) is 0 Å². The van der Waals surface area contributed by atoms with Crippen molar-refractivity contribution in [2.75, 3.05) is 7.05 Å². The van der Waals surface area contributed by atoms with E-state index < -0.39 is 10.0 Å². The number of halogens is 2. The summed E-state index contributed by atoms with van der Waals surface area (Å²) in [5.41, 5.74) is 1.61. The fraction of sp³-hybridized carbons (Fsp3) is 0.200. The second-order valence-electron chi connectivity index (χ2n) is 4.67. The first-order valence-corrected chi connectivity index (χ1v) is 8.85. The van der Waals surface area contributed by atoms with Crippen molar-refractivity contribution in [3.8, 4) is 0 Å². The van der Waals surface area contributed by atoms with E-state index in [4.69, 9.17) is 0 Å². The molecule has 0 atom stereocenters. The van der Waals surface area contributed by atoms with Crippen LogP contribution in [0.15, 0.2) is 53.4 Å². The number of sulfonamides is 1. The van der Waals surface area contributed by atoms with Gasteiger partial charge in [0.1, 0.15) is 5.82 Å². The van der Waals surface area contributed by atoms with Crippen LogP contribution in [-0.4, -0.2) is 19.8 Å². The summed E-state index contributed by atoms with van der Waals surface area (Å²) in [6.45, 7) is 0.125. The van der Waals surface area contributed by atoms with Crippen LogP contribution in [0.25, 0.3) is 0 Å². The molecule has 2 aromatic carbocycles. The molecule has 0 spiro atoms. The molecule has 0 amide bonds. The first kappa shape index (κ1) is 16.1. The zero-order valence-electron chi connectivity index (χ0n) is 11.5. The molecule has 0 fully saturated rings. The third-order valence-corrected chi connectivity index (χ3v) is 5.55. The second-order valence-corrected chi connectivity index (χ2v) is 7.27. The lowest BCUT2D eigenvalue weighted by molar-refractivity contribution is 0.465. The molecule has 0 saturated carbocycles. The van der Waals surface area contributed by atoms with Crippen molar-refractivity contribution < 1.29 is 12.8 Å². The lowest BCUT2D eigenvalue weighted by Gasteiger charge is -2.17. The van der Waals surface area contributed by atoms with Crippen LogP contribution < -0.4 is 0 Å². The van der Waals surface area contributed by atoms with Gasteiger partial charge >= 0.3 is 0 Å². The standard InChI is InChI=1S/C15H15BrFNO2S/c1-18(11-13-3-2-4-14(17)9-13)21(19,20)15-7-5-12(10-16)6-8-15/h2-9H,10-11H2,1H3. The molecule has 0 unspecified atom stereocenters. The van der Waals surface area contributed by atoms with Crippen molar-refractivity contribution in [1.29, 1.82) is 0 Å². The summed E-state index contributed by atoms with van der Waals surface area (Å²) in [4.78, 5) is 0.228. The van der Waals surface area contributed by atoms with Crippen LogP contribution in [0.5, 0.6) is 0 Å². The van der Waals surface area contributed by atoms with Gasteiger partial charge in [-0.2, -0.15) is 4.31 Å². The van der Waals surface area contributed by atoms with E-state index in [1.54, 1.807) is 36.4 Å². The lowest BCUT2D eigenvalue weighted by Crippen LogP contribution is -2.26. The molecule has 112 valence electrons. The summed E-state index contributed by atoms with van der Waals surface area (Å²) in [5, 5.41) is 0.673. The van der Waals surface area contributed by atoms with Crippen molar-refractivity contribution in [1.82, 2.24) is 4.31 Å². The monoisotopic (exact) mass is 371 g/mol. The molecule has 0 aromatic heterocycles. The van der Waals surface area contributed by atoms with Gasteiger partial charge in [-0.1, -0.05) is 40.2 Å². The molecule has 2 aromatic rings. The molecule has 2 rings (SSSR count). The van der Waals surface area contributed by atoms with E-state index in [0.717, 1.165) is 5.56 Å². The molecule has 0 radical (unpaired) electrons. The Morgan fingerprint density at radius 2 is 1.76 bits per heavy atom. The van der Waals surface area contributed by atoms with Gasteiger partial charge in [-0.3, -0.25) is 0 Å². The summed E-state index contributed by atoms with van der Waals surface area (Å²) in [5.74, 6) is -0.375. The van der Waals surface area contributed by atoms with Crippen LogP contribution in [0.1, 0.15) is 11.1 Å². The third-order valence-electron chi connectivity index (χ3n) is 3.08. The fourth-order valence-electron chi connectivity index (χ4n) is 1.91. The largest absolute Gasteiger partial charge is 0.243 e. The average molecular weight is 372 g/mol. The smallest absolute Gasteiger partial charge is 0.207 e. The van der Waals surface area contributed by atoms with Gasteiger partial charge in [0, 0.05) is 18.9 Å². The Morgan fingerprint density at radius 3 is 2.33 bits per heavy atom. The van der Waals surface area contributed by atoms with Crippen LogP contribution in [0.2, 0.25) is 0 Å². The summed E-state index contributed by atoms with van der Waals surface area (Å²) < 4.78 is 39.2. The molecular formula is C15H15BrFNO2S. The minimum absolute atomic E-state index is 0.125. The summed E-state index contributed by atoms with van der Waals surface area (Å²) in [7, 11) is -2.09. The number of rotatable bonds is 5. The highest BCUT2D eigenvalue weighted by atomic mass is 79.9. The molecular weight excluding hydrogens is 357 g/mol. The van der Waals surface area contributed by atoms with Gasteiger partial charge in [-0.25, -0.2) is 12.8 Å². The van der Waals surface area contributed by atoms with E-state index in [-0.39, 0.29) is 17.3 Å². The summed E-state index contributed by atoms with van der Waals surface area (Å²) >= 11 is 3.32. The number of hydrogen-bond acceptors (Lipinski definition) is 2. The van der Waals surface area contributed by atoms with Gasteiger partial charge < -0.3 is 0 Å². The Kier molecular flexibility index (Phi) is 5.13. The van der Waals surface area contributed by atoms with Gasteiger partial charge in [-0.15, -0.1) is 0 Å². The molecule has 21 heavy (non-hydrogen) atoms. The van der Waals surface area contributed by atoms with E-state index in [9.17, 15) is 12.8 Å². The summed E-state index contributed by atoms with van der Waals surface area (Å²) in [6.07, 6.45) is 0. The van der Waals surface area contributed by atoms with Crippen molar-refractivity contribution in [3.05, 3.63) is 65.5 Å². The zero-order chi connectivity index (χ0) is 15.5. The van der Waals surface area contributed by atoms with Gasteiger partial charge in [0.05, 0.1) is 4.90 Å². The van der Waals surface area contributed by atoms with E-state index in [0.29, 0.717) is 10.9 Å². The van der Waals surface area contributed by atoms with Gasteiger partial charge in [-0.05, 0) is 35.4 Å². The van der Waals surface area contributed by atoms with Crippen molar-refractivity contribution in [2.45, 2.75) is 16.8 Å². The predicted molar refractivity (Wildman–Crippen MR) is 84.1 cm³/mol. The minimum Gasteiger partial charge on any atom is -0.207 e. The van der Waals surface area contributed by atoms with Crippen LogP contribution >= 0.6 is 15.9 Å². The Balaban J connectivity index is 2.21. The van der Waals surface area contributed by atoms with Crippen LogP contribution in [0.3, 0.4) is 0 Å². The zero-order valence-corrected chi connectivity index (χ0v) is 13.9. The average Bonchev–Trinajstić information content (AvgIpc) is 2.47. The Hall–Kier alpha value is -1.24. The fourth-order valence-corrected chi connectivity index (χ4v) is 3.44. The van der Waals surface area contributed by atoms with Crippen LogP contribution in [0, 0.1) is 5.82 Å². The first-order chi connectivity index (χ1) is 9.93. The number of alkyl halides is 1. The molecule has 0 saturated heterocycles. The Labute approximate surface area is 132 Å². The van der Waals surface area contributed by atoms with E-state index >= 15 is 0 Å². The highest BCUT2D eigenvalue weighted by Gasteiger charge is 2.20. The van der Waals surface area contributed by atoms with Crippen LogP contribution in [-0.2, 0) is 21.9 Å². The molecule has 0 N–H and O–H groups in total. The highest BCUT2D eigenvalue weighted by molar-refractivity contribution is 9.08. The molecule has 0 bridgehead atoms. The van der Waals surface area contributed by atoms with Crippen molar-refractivity contribution >= 4 is 26.0 Å². The maximum Gasteiger partial charge on any atom is 0.243 e. The quantitative estimate of drug-likeness (QED) is 0.753. The minimum atomic E-state index is -3.58. The molecule has 3 nitrogen and oxygen atoms in total. The number of benzene rings is 2. The number of nitrogens with zero attached hydrogens (tertiary/aromatic N) is 1. The van der Waals surface area contributed by atoms with E-state index in [2.05, 4.69) is 15.9 Å².